The van der Waals surface area contributed by atoms with Crippen molar-refractivity contribution in [3.8, 4) is 5.69 Å². The molecule has 2 aromatic heterocycles. The lowest BCUT2D eigenvalue weighted by Gasteiger charge is -2.18. The van der Waals surface area contributed by atoms with Gasteiger partial charge in [0.25, 0.3) is 5.91 Å². The molecule has 32 heavy (non-hydrogen) atoms. The minimum atomic E-state index is -0.711. The number of aromatic nitrogens is 2. The summed E-state index contributed by atoms with van der Waals surface area (Å²) in [5.41, 5.74) is 3.04. The first-order valence-electron chi connectivity index (χ1n) is 10.4. The summed E-state index contributed by atoms with van der Waals surface area (Å²) in [6.45, 7) is 0.460. The minimum absolute atomic E-state index is 0.174. The molecule has 4 rings (SSSR count). The van der Waals surface area contributed by atoms with Crippen molar-refractivity contribution < 1.29 is 14.0 Å². The molecule has 0 bridgehead atoms. The number of carbonyl (C=O) groups is 2. The van der Waals surface area contributed by atoms with Gasteiger partial charge in [-0.15, -0.1) is 0 Å². The van der Waals surface area contributed by atoms with E-state index in [1.54, 1.807) is 23.0 Å². The van der Waals surface area contributed by atoms with Gasteiger partial charge in [0.15, 0.2) is 5.76 Å². The Hall–Kier alpha value is -4.13. The fourth-order valence-corrected chi connectivity index (χ4v) is 3.39. The van der Waals surface area contributed by atoms with Crippen LogP contribution in [0.5, 0.6) is 0 Å². The fourth-order valence-electron chi connectivity index (χ4n) is 3.39. The number of nitrogens with one attached hydrogen (secondary N) is 2. The Morgan fingerprint density at radius 2 is 1.75 bits per heavy atom. The van der Waals surface area contributed by atoms with E-state index in [9.17, 15) is 9.59 Å². The maximum Gasteiger partial charge on any atom is 0.287 e. The van der Waals surface area contributed by atoms with Crippen molar-refractivity contribution in [2.75, 3.05) is 6.54 Å². The molecule has 0 fully saturated rings. The van der Waals surface area contributed by atoms with E-state index in [1.807, 2.05) is 66.9 Å². The summed E-state index contributed by atoms with van der Waals surface area (Å²) in [6.07, 6.45) is 6.12. The predicted octanol–water partition coefficient (Wildman–Crippen LogP) is 3.17. The maximum atomic E-state index is 12.9. The fraction of sp³-hybridized carbons (Fsp3) is 0.160. The van der Waals surface area contributed by atoms with Gasteiger partial charge in [0.05, 0.1) is 12.0 Å². The van der Waals surface area contributed by atoms with Crippen LogP contribution in [0.4, 0.5) is 0 Å². The zero-order valence-corrected chi connectivity index (χ0v) is 17.5. The molecule has 0 aliphatic rings. The van der Waals surface area contributed by atoms with E-state index in [-0.39, 0.29) is 11.7 Å². The molecule has 1 unspecified atom stereocenters. The van der Waals surface area contributed by atoms with E-state index in [0.717, 1.165) is 16.8 Å². The highest BCUT2D eigenvalue weighted by Gasteiger charge is 2.22. The molecule has 4 aromatic rings. The Labute approximate surface area is 186 Å². The first-order chi connectivity index (χ1) is 15.7. The van der Waals surface area contributed by atoms with Crippen LogP contribution in [0.2, 0.25) is 0 Å². The van der Waals surface area contributed by atoms with Gasteiger partial charge in [0.2, 0.25) is 5.91 Å². The Morgan fingerprint density at radius 1 is 0.938 bits per heavy atom. The number of amides is 2. The summed E-state index contributed by atoms with van der Waals surface area (Å²) < 4.78 is 6.94. The number of nitrogens with zero attached hydrogens (tertiary/aromatic N) is 2. The van der Waals surface area contributed by atoms with Crippen molar-refractivity contribution >= 4 is 11.8 Å². The topological polar surface area (TPSA) is 89.2 Å². The SMILES string of the molecule is O=C(NC(Cc1ccccc1)C(=O)NCCc1ccc(-n2cccn2)cc1)c1ccco1. The third kappa shape index (κ3) is 5.51. The third-order valence-corrected chi connectivity index (χ3v) is 5.07. The van der Waals surface area contributed by atoms with Crippen LogP contribution in [0.1, 0.15) is 21.7 Å². The molecule has 7 nitrogen and oxygen atoms in total. The highest BCUT2D eigenvalue weighted by atomic mass is 16.3. The standard InChI is InChI=1S/C25H24N4O3/c30-24(26-15-13-19-9-11-21(12-10-19)29-16-5-14-27-29)22(18-20-6-2-1-3-7-20)28-25(31)23-8-4-17-32-23/h1-12,14,16-17,22H,13,15,18H2,(H,26,30)(H,28,31). The van der Waals surface area contributed by atoms with E-state index in [0.29, 0.717) is 19.4 Å². The molecular weight excluding hydrogens is 404 g/mol. The van der Waals surface area contributed by atoms with Crippen LogP contribution in [0.25, 0.3) is 5.69 Å². The molecule has 0 radical (unpaired) electrons. The normalized spacial score (nSPS) is 11.6. The number of hydrogen-bond donors (Lipinski definition) is 2. The van der Waals surface area contributed by atoms with E-state index in [1.165, 1.54) is 6.26 Å². The van der Waals surface area contributed by atoms with Crippen LogP contribution >= 0.6 is 0 Å². The lowest BCUT2D eigenvalue weighted by atomic mass is 10.0. The lowest BCUT2D eigenvalue weighted by Crippen LogP contribution is -2.48. The molecule has 0 aliphatic carbocycles. The Kier molecular flexibility index (Phi) is 6.77. The molecule has 1 atom stereocenters. The van der Waals surface area contributed by atoms with Gasteiger partial charge in [0, 0.05) is 25.4 Å². The smallest absolute Gasteiger partial charge is 0.287 e. The molecule has 0 spiro atoms. The van der Waals surface area contributed by atoms with E-state index < -0.39 is 11.9 Å². The second-order valence-electron chi connectivity index (χ2n) is 7.35. The van der Waals surface area contributed by atoms with Crippen LogP contribution < -0.4 is 10.6 Å². The zero-order chi connectivity index (χ0) is 22.2. The van der Waals surface area contributed by atoms with Crippen molar-refractivity contribution in [2.45, 2.75) is 18.9 Å². The van der Waals surface area contributed by atoms with Crippen molar-refractivity contribution in [1.29, 1.82) is 0 Å². The molecule has 2 heterocycles. The summed E-state index contributed by atoms with van der Waals surface area (Å²) in [5.74, 6) is -0.477. The van der Waals surface area contributed by atoms with Gasteiger partial charge in [0.1, 0.15) is 6.04 Å². The average Bonchev–Trinajstić information content (AvgIpc) is 3.54. The van der Waals surface area contributed by atoms with Crippen molar-refractivity contribution in [1.82, 2.24) is 20.4 Å². The van der Waals surface area contributed by atoms with Crippen molar-refractivity contribution in [3.63, 3.8) is 0 Å². The molecule has 2 amide bonds. The van der Waals surface area contributed by atoms with Crippen LogP contribution in [0, 0.1) is 0 Å². The summed E-state index contributed by atoms with van der Waals surface area (Å²) in [7, 11) is 0. The van der Waals surface area contributed by atoms with E-state index in [4.69, 9.17) is 4.42 Å². The summed E-state index contributed by atoms with van der Waals surface area (Å²) in [4.78, 5) is 25.3. The first-order valence-corrected chi connectivity index (χ1v) is 10.4. The lowest BCUT2D eigenvalue weighted by molar-refractivity contribution is -0.122. The highest BCUT2D eigenvalue weighted by Crippen LogP contribution is 2.09. The Morgan fingerprint density at radius 3 is 2.44 bits per heavy atom. The van der Waals surface area contributed by atoms with Gasteiger partial charge in [-0.2, -0.15) is 5.10 Å². The number of rotatable bonds is 9. The number of furan rings is 1. The Bertz CT molecular complexity index is 1120. The number of carbonyl (C=O) groups excluding carboxylic acids is 2. The van der Waals surface area contributed by atoms with Gasteiger partial charge in [-0.1, -0.05) is 42.5 Å². The molecule has 0 aliphatic heterocycles. The van der Waals surface area contributed by atoms with Crippen LogP contribution in [-0.2, 0) is 17.6 Å². The zero-order valence-electron chi connectivity index (χ0n) is 17.5. The quantitative estimate of drug-likeness (QED) is 0.429. The van der Waals surface area contributed by atoms with Gasteiger partial charge < -0.3 is 15.1 Å². The Balaban J connectivity index is 1.35. The van der Waals surface area contributed by atoms with Gasteiger partial charge in [-0.3, -0.25) is 9.59 Å². The molecule has 0 saturated carbocycles. The molecular formula is C25H24N4O3. The average molecular weight is 428 g/mol. The molecule has 7 heteroatoms. The van der Waals surface area contributed by atoms with Crippen LogP contribution in [0.15, 0.2) is 95.9 Å². The van der Waals surface area contributed by atoms with Crippen LogP contribution in [-0.4, -0.2) is 34.2 Å². The van der Waals surface area contributed by atoms with Crippen molar-refractivity contribution in [2.24, 2.45) is 0 Å². The van der Waals surface area contributed by atoms with Gasteiger partial charge in [-0.05, 0) is 47.9 Å². The van der Waals surface area contributed by atoms with Crippen LogP contribution in [0.3, 0.4) is 0 Å². The second kappa shape index (κ2) is 10.3. The van der Waals surface area contributed by atoms with E-state index in [2.05, 4.69) is 15.7 Å². The van der Waals surface area contributed by atoms with Gasteiger partial charge in [-0.25, -0.2) is 4.68 Å². The minimum Gasteiger partial charge on any atom is -0.459 e. The number of hydrogen-bond acceptors (Lipinski definition) is 4. The summed E-state index contributed by atoms with van der Waals surface area (Å²) in [5, 5.41) is 9.94. The largest absolute Gasteiger partial charge is 0.459 e. The third-order valence-electron chi connectivity index (χ3n) is 5.07. The maximum absolute atomic E-state index is 12.9. The number of benzene rings is 2. The first kappa shape index (κ1) is 21.1. The second-order valence-corrected chi connectivity index (χ2v) is 7.35. The van der Waals surface area contributed by atoms with Crippen molar-refractivity contribution in [3.05, 3.63) is 108 Å². The summed E-state index contributed by atoms with van der Waals surface area (Å²) in [6, 6.07) is 22.0. The molecule has 0 saturated heterocycles. The summed E-state index contributed by atoms with van der Waals surface area (Å²) >= 11 is 0. The van der Waals surface area contributed by atoms with E-state index >= 15 is 0 Å². The molecule has 2 aromatic carbocycles. The highest BCUT2D eigenvalue weighted by molar-refractivity contribution is 5.95. The monoisotopic (exact) mass is 428 g/mol. The predicted molar refractivity (Wildman–Crippen MR) is 120 cm³/mol. The molecule has 2 N–H and O–H groups in total. The molecule has 162 valence electrons. The van der Waals surface area contributed by atoms with Gasteiger partial charge >= 0.3 is 0 Å².